The van der Waals surface area contributed by atoms with Crippen molar-refractivity contribution < 1.29 is 22.7 Å². The summed E-state index contributed by atoms with van der Waals surface area (Å²) in [5, 5.41) is 17.5. The number of aliphatic carboxylic acids is 1. The zero-order valence-corrected chi connectivity index (χ0v) is 12.4. The monoisotopic (exact) mass is 314 g/mol. The summed E-state index contributed by atoms with van der Waals surface area (Å²) in [6, 6.07) is 4.82. The fraction of sp³-hybridized carbons (Fsp3) is 0.385. The van der Waals surface area contributed by atoms with E-state index in [4.69, 9.17) is 10.4 Å². The topological polar surface area (TPSA) is 107 Å². The number of sulfonamides is 1. The van der Waals surface area contributed by atoms with Crippen LogP contribution in [0.2, 0.25) is 0 Å². The Bertz CT molecular complexity index is 693. The van der Waals surface area contributed by atoms with Crippen LogP contribution in [0.25, 0.3) is 0 Å². The number of hydrogen-bond donors (Lipinski definition) is 2. The number of nitrogens with zero attached hydrogens (tertiary/aromatic N) is 1. The number of benzene rings is 1. The van der Waals surface area contributed by atoms with Gasteiger partial charge in [-0.05, 0) is 32.4 Å². The number of carbonyl (C=O) groups is 1. The summed E-state index contributed by atoms with van der Waals surface area (Å²) in [5.41, 5.74) is -1.62. The third kappa shape index (κ3) is 4.51. The summed E-state index contributed by atoms with van der Waals surface area (Å²) in [6.07, 6.45) is -0.164. The maximum Gasteiger partial charge on any atom is 0.303 e. The minimum Gasteiger partial charge on any atom is -0.481 e. The molecule has 2 N–H and O–H groups in total. The lowest BCUT2D eigenvalue weighted by Crippen LogP contribution is -2.43. The van der Waals surface area contributed by atoms with Gasteiger partial charge in [0.15, 0.2) is 0 Å². The molecule has 1 aromatic rings. The van der Waals surface area contributed by atoms with Crippen LogP contribution in [0.3, 0.4) is 0 Å². The van der Waals surface area contributed by atoms with Gasteiger partial charge in [-0.3, -0.25) is 4.79 Å². The second-order valence-electron chi connectivity index (χ2n) is 5.11. The van der Waals surface area contributed by atoms with Crippen molar-refractivity contribution in [1.29, 1.82) is 5.26 Å². The van der Waals surface area contributed by atoms with Gasteiger partial charge in [-0.1, -0.05) is 6.07 Å². The number of rotatable bonds is 6. The van der Waals surface area contributed by atoms with E-state index in [2.05, 4.69) is 4.72 Å². The second kappa shape index (κ2) is 6.20. The lowest BCUT2D eigenvalue weighted by atomic mass is 10.0. The minimum absolute atomic E-state index is 0.0543. The van der Waals surface area contributed by atoms with Gasteiger partial charge >= 0.3 is 5.97 Å². The highest BCUT2D eigenvalue weighted by molar-refractivity contribution is 7.89. The molecule has 0 amide bonds. The molecular weight excluding hydrogens is 299 g/mol. The summed E-state index contributed by atoms with van der Waals surface area (Å²) in [5.74, 6) is -1.98. The van der Waals surface area contributed by atoms with Crippen LogP contribution in [-0.4, -0.2) is 25.0 Å². The quantitative estimate of drug-likeness (QED) is 0.829. The fourth-order valence-corrected chi connectivity index (χ4v) is 3.34. The summed E-state index contributed by atoms with van der Waals surface area (Å²) in [4.78, 5) is 10.1. The average Bonchev–Trinajstić information content (AvgIpc) is 2.35. The standard InChI is InChI=1S/C13H15FN2O4S/c1-13(2,7-6-12(17)18)16-21(19,20)11-5-3-4-10(14)9(11)8-15/h3-5,16H,6-7H2,1-2H3,(H,17,18). The molecule has 0 saturated heterocycles. The predicted octanol–water partition coefficient (Wildman–Crippen LogP) is 1.62. The van der Waals surface area contributed by atoms with Crippen molar-refractivity contribution in [2.45, 2.75) is 37.1 Å². The van der Waals surface area contributed by atoms with Crippen LogP contribution in [0.4, 0.5) is 4.39 Å². The molecule has 0 fully saturated rings. The van der Waals surface area contributed by atoms with E-state index in [9.17, 15) is 17.6 Å². The summed E-state index contributed by atoms with van der Waals surface area (Å²) in [6.45, 7) is 3.03. The zero-order chi connectivity index (χ0) is 16.3. The Morgan fingerprint density at radius 3 is 2.62 bits per heavy atom. The molecule has 0 spiro atoms. The molecule has 1 rings (SSSR count). The Balaban J connectivity index is 3.11. The number of nitrogens with one attached hydrogen (secondary N) is 1. The van der Waals surface area contributed by atoms with Crippen molar-refractivity contribution in [2.24, 2.45) is 0 Å². The zero-order valence-electron chi connectivity index (χ0n) is 11.6. The largest absolute Gasteiger partial charge is 0.481 e. The van der Waals surface area contributed by atoms with Crippen LogP contribution in [0, 0.1) is 17.1 Å². The highest BCUT2D eigenvalue weighted by atomic mass is 32.2. The van der Waals surface area contributed by atoms with Crippen molar-refractivity contribution in [1.82, 2.24) is 4.72 Å². The smallest absolute Gasteiger partial charge is 0.303 e. The van der Waals surface area contributed by atoms with Crippen LogP contribution in [0.15, 0.2) is 23.1 Å². The fourth-order valence-electron chi connectivity index (χ4n) is 1.73. The summed E-state index contributed by atoms with van der Waals surface area (Å²) in [7, 11) is -4.14. The average molecular weight is 314 g/mol. The Morgan fingerprint density at radius 1 is 1.48 bits per heavy atom. The molecule has 21 heavy (non-hydrogen) atoms. The Labute approximate surface area is 122 Å². The van der Waals surface area contributed by atoms with Gasteiger partial charge in [-0.15, -0.1) is 0 Å². The molecule has 1 aromatic carbocycles. The van der Waals surface area contributed by atoms with Crippen molar-refractivity contribution in [2.75, 3.05) is 0 Å². The maximum absolute atomic E-state index is 13.5. The molecule has 0 aliphatic carbocycles. The van der Waals surface area contributed by atoms with Gasteiger partial charge in [0.1, 0.15) is 22.3 Å². The molecule has 0 bridgehead atoms. The van der Waals surface area contributed by atoms with Gasteiger partial charge in [0.05, 0.1) is 0 Å². The lowest BCUT2D eigenvalue weighted by molar-refractivity contribution is -0.137. The van der Waals surface area contributed by atoms with Crippen LogP contribution >= 0.6 is 0 Å². The van der Waals surface area contributed by atoms with Crippen LogP contribution in [0.1, 0.15) is 32.3 Å². The highest BCUT2D eigenvalue weighted by Gasteiger charge is 2.29. The van der Waals surface area contributed by atoms with E-state index in [0.29, 0.717) is 0 Å². The van der Waals surface area contributed by atoms with Gasteiger partial charge in [0.2, 0.25) is 10.0 Å². The normalized spacial score (nSPS) is 11.9. The lowest BCUT2D eigenvalue weighted by Gasteiger charge is -2.25. The van der Waals surface area contributed by atoms with Gasteiger partial charge in [-0.25, -0.2) is 17.5 Å². The molecule has 8 heteroatoms. The van der Waals surface area contributed by atoms with E-state index in [1.54, 1.807) is 0 Å². The number of carboxylic acids is 1. The minimum atomic E-state index is -4.14. The van der Waals surface area contributed by atoms with E-state index in [-0.39, 0.29) is 12.8 Å². The summed E-state index contributed by atoms with van der Waals surface area (Å²) < 4.78 is 40.3. The molecular formula is C13H15FN2O4S. The molecule has 0 aliphatic heterocycles. The molecule has 0 radical (unpaired) electrons. The highest BCUT2D eigenvalue weighted by Crippen LogP contribution is 2.21. The third-order valence-corrected chi connectivity index (χ3v) is 4.49. The van der Waals surface area contributed by atoms with Crippen LogP contribution in [-0.2, 0) is 14.8 Å². The van der Waals surface area contributed by atoms with Gasteiger partial charge < -0.3 is 5.11 Å². The number of carboxylic acid groups (broad SMARTS) is 1. The van der Waals surface area contributed by atoms with E-state index in [1.807, 2.05) is 0 Å². The third-order valence-electron chi connectivity index (χ3n) is 2.75. The molecule has 0 saturated carbocycles. The Kier molecular flexibility index (Phi) is 5.04. The van der Waals surface area contributed by atoms with Gasteiger partial charge in [0.25, 0.3) is 0 Å². The number of nitriles is 1. The van der Waals surface area contributed by atoms with Gasteiger partial charge in [-0.2, -0.15) is 5.26 Å². The van der Waals surface area contributed by atoms with Crippen molar-refractivity contribution >= 4 is 16.0 Å². The molecule has 0 heterocycles. The number of halogens is 1. The van der Waals surface area contributed by atoms with Crippen molar-refractivity contribution in [3.05, 3.63) is 29.6 Å². The van der Waals surface area contributed by atoms with E-state index < -0.39 is 37.8 Å². The SMILES string of the molecule is CC(C)(CCC(=O)O)NS(=O)(=O)c1cccc(F)c1C#N. The maximum atomic E-state index is 13.5. The number of hydrogen-bond acceptors (Lipinski definition) is 4. The predicted molar refractivity (Wildman–Crippen MR) is 72.4 cm³/mol. The van der Waals surface area contributed by atoms with E-state index in [0.717, 1.165) is 12.1 Å². The van der Waals surface area contributed by atoms with Crippen molar-refractivity contribution in [3.8, 4) is 6.07 Å². The van der Waals surface area contributed by atoms with E-state index >= 15 is 0 Å². The van der Waals surface area contributed by atoms with Crippen LogP contribution in [0.5, 0.6) is 0 Å². The summed E-state index contributed by atoms with van der Waals surface area (Å²) >= 11 is 0. The van der Waals surface area contributed by atoms with Crippen LogP contribution < -0.4 is 4.72 Å². The molecule has 6 nitrogen and oxygen atoms in total. The Morgan fingerprint density at radius 2 is 2.10 bits per heavy atom. The van der Waals surface area contributed by atoms with Crippen molar-refractivity contribution in [3.63, 3.8) is 0 Å². The molecule has 0 atom stereocenters. The van der Waals surface area contributed by atoms with E-state index in [1.165, 1.54) is 26.0 Å². The molecule has 114 valence electrons. The first-order valence-corrected chi connectivity index (χ1v) is 7.52. The molecule has 0 aromatic heterocycles. The Hall–Kier alpha value is -1.98. The molecule has 0 aliphatic rings. The molecule has 0 unspecified atom stereocenters. The second-order valence-corrected chi connectivity index (χ2v) is 6.76. The first kappa shape index (κ1) is 17.1. The van der Waals surface area contributed by atoms with Gasteiger partial charge in [0, 0.05) is 12.0 Å². The first-order chi connectivity index (χ1) is 9.59. The first-order valence-electron chi connectivity index (χ1n) is 6.03.